The fourth-order valence-corrected chi connectivity index (χ4v) is 2.67. The van der Waals surface area contributed by atoms with Crippen molar-refractivity contribution in [2.75, 3.05) is 6.54 Å². The molecule has 0 aromatic rings. The highest BCUT2D eigenvalue weighted by Crippen LogP contribution is 2.28. The van der Waals surface area contributed by atoms with E-state index in [0.717, 1.165) is 25.7 Å². The molecule has 2 nitrogen and oxygen atoms in total. The third-order valence-electron chi connectivity index (χ3n) is 3.44. The first-order valence-corrected chi connectivity index (χ1v) is 6.08. The van der Waals surface area contributed by atoms with Gasteiger partial charge >= 0.3 is 7.25 Å². The number of carbonyl (C=O) groups is 1. The van der Waals surface area contributed by atoms with Crippen molar-refractivity contribution < 1.29 is 27.4 Å². The average Bonchev–Trinajstić information content (AvgIpc) is 2.22. The van der Waals surface area contributed by atoms with Crippen molar-refractivity contribution in [1.82, 2.24) is 0 Å². The van der Waals surface area contributed by atoms with Gasteiger partial charge in [-0.1, -0.05) is 6.42 Å². The molecule has 2 rings (SSSR count). The summed E-state index contributed by atoms with van der Waals surface area (Å²) in [7, 11) is -6.00. The van der Waals surface area contributed by atoms with Crippen LogP contribution in [0.3, 0.4) is 0 Å². The number of nitrogens with two attached hydrogens (primary N) is 1. The fourth-order valence-electron chi connectivity index (χ4n) is 2.67. The molecule has 1 aliphatic carbocycles. The van der Waals surface area contributed by atoms with E-state index in [1.807, 2.05) is 0 Å². The second kappa shape index (κ2) is 5.84. The number of hydrogen-bond donors (Lipinski definition) is 1. The first kappa shape index (κ1) is 14.5. The zero-order valence-corrected chi connectivity index (χ0v) is 9.73. The van der Waals surface area contributed by atoms with E-state index in [0.29, 0.717) is 5.78 Å². The monoisotopic (exact) mass is 255 g/mol. The van der Waals surface area contributed by atoms with Crippen molar-refractivity contribution >= 4 is 13.0 Å². The fraction of sp³-hybridized carbons (Fsp3) is 0.900. The number of carbonyl (C=O) groups excluding carboxylic acids is 1. The van der Waals surface area contributed by atoms with Crippen LogP contribution in [0.5, 0.6) is 0 Å². The highest BCUT2D eigenvalue weighted by molar-refractivity contribution is 6.50. The SMILES string of the molecule is F[B-](F)(F)F.O=C1CCC[NH2+]C12CCCCC2. The van der Waals surface area contributed by atoms with E-state index in [9.17, 15) is 22.1 Å². The van der Waals surface area contributed by atoms with E-state index in [2.05, 4.69) is 5.32 Å². The minimum atomic E-state index is -6.00. The van der Waals surface area contributed by atoms with Crippen LogP contribution in [0.1, 0.15) is 44.9 Å². The van der Waals surface area contributed by atoms with Crippen molar-refractivity contribution in [3.8, 4) is 0 Å². The summed E-state index contributed by atoms with van der Waals surface area (Å²) in [6.45, 7) is 1.17. The Morgan fingerprint density at radius 2 is 1.53 bits per heavy atom. The standard InChI is InChI=1S/C10H17NO.BF4/c12-9-5-4-8-11-10(9)6-2-1-3-7-10;2-1(3,4)5/h11H,1-8H2;/q;-1/p+1. The molecule has 0 bridgehead atoms. The molecule has 2 fully saturated rings. The van der Waals surface area contributed by atoms with Crippen LogP contribution in [-0.4, -0.2) is 25.1 Å². The lowest BCUT2D eigenvalue weighted by atomic mass is 9.75. The van der Waals surface area contributed by atoms with Crippen LogP contribution < -0.4 is 5.32 Å². The molecule has 7 heteroatoms. The van der Waals surface area contributed by atoms with Crippen LogP contribution >= 0.6 is 0 Å². The molecule has 17 heavy (non-hydrogen) atoms. The first-order valence-electron chi connectivity index (χ1n) is 6.08. The van der Waals surface area contributed by atoms with Crippen LogP contribution in [-0.2, 0) is 4.79 Å². The molecular formula is C10H18BF4NO. The molecule has 0 aromatic heterocycles. The lowest BCUT2D eigenvalue weighted by molar-refractivity contribution is -0.720. The van der Waals surface area contributed by atoms with E-state index in [4.69, 9.17) is 0 Å². The molecule has 2 aliphatic rings. The van der Waals surface area contributed by atoms with Gasteiger partial charge in [-0.3, -0.25) is 4.79 Å². The van der Waals surface area contributed by atoms with Gasteiger partial charge in [-0.15, -0.1) is 0 Å². The van der Waals surface area contributed by atoms with Crippen molar-refractivity contribution in [3.05, 3.63) is 0 Å². The molecule has 0 radical (unpaired) electrons. The van der Waals surface area contributed by atoms with Gasteiger partial charge in [-0.2, -0.15) is 0 Å². The highest BCUT2D eigenvalue weighted by atomic mass is 19.5. The maximum absolute atomic E-state index is 11.7. The Balaban J connectivity index is 0.000000249. The lowest BCUT2D eigenvalue weighted by Crippen LogP contribution is -3.00. The minimum Gasteiger partial charge on any atom is -0.418 e. The summed E-state index contributed by atoms with van der Waals surface area (Å²) in [6, 6.07) is 0. The Morgan fingerprint density at radius 3 is 2.00 bits per heavy atom. The molecule has 1 aliphatic heterocycles. The summed E-state index contributed by atoms with van der Waals surface area (Å²) < 4.78 is 39.0. The molecular weight excluding hydrogens is 237 g/mol. The Morgan fingerprint density at radius 1 is 1.00 bits per heavy atom. The van der Waals surface area contributed by atoms with Crippen molar-refractivity contribution in [2.45, 2.75) is 50.5 Å². The van der Waals surface area contributed by atoms with Gasteiger partial charge in [0.25, 0.3) is 0 Å². The van der Waals surface area contributed by atoms with Crippen LogP contribution in [0.4, 0.5) is 17.3 Å². The molecule has 1 spiro atoms. The third-order valence-corrected chi connectivity index (χ3v) is 3.44. The van der Waals surface area contributed by atoms with Gasteiger partial charge in [0.05, 0.1) is 6.54 Å². The molecule has 1 saturated heterocycles. The van der Waals surface area contributed by atoms with Crippen LogP contribution in [0, 0.1) is 0 Å². The van der Waals surface area contributed by atoms with Gasteiger partial charge in [0, 0.05) is 25.7 Å². The summed E-state index contributed by atoms with van der Waals surface area (Å²) in [5, 5.41) is 2.32. The number of quaternary nitrogens is 1. The van der Waals surface area contributed by atoms with Gasteiger partial charge in [0.15, 0.2) is 11.3 Å². The largest absolute Gasteiger partial charge is 0.673 e. The van der Waals surface area contributed by atoms with E-state index in [-0.39, 0.29) is 5.54 Å². The number of halogens is 4. The van der Waals surface area contributed by atoms with Gasteiger partial charge < -0.3 is 22.6 Å². The second-order valence-corrected chi connectivity index (χ2v) is 4.73. The minimum absolute atomic E-state index is 0.0521. The Kier molecular flexibility index (Phi) is 4.97. The van der Waals surface area contributed by atoms with Gasteiger partial charge in [0.2, 0.25) is 0 Å². The van der Waals surface area contributed by atoms with E-state index >= 15 is 0 Å². The summed E-state index contributed by atoms with van der Waals surface area (Å²) in [6.07, 6.45) is 8.10. The summed E-state index contributed by atoms with van der Waals surface area (Å²) >= 11 is 0. The topological polar surface area (TPSA) is 33.7 Å². The third kappa shape index (κ3) is 5.06. The summed E-state index contributed by atoms with van der Waals surface area (Å²) in [5.41, 5.74) is 0.0521. The Labute approximate surface area is 98.2 Å². The van der Waals surface area contributed by atoms with Crippen molar-refractivity contribution in [2.24, 2.45) is 0 Å². The molecule has 100 valence electrons. The molecule has 1 heterocycles. The van der Waals surface area contributed by atoms with Gasteiger partial charge in [-0.05, 0) is 12.8 Å². The quantitative estimate of drug-likeness (QED) is 0.520. The maximum Gasteiger partial charge on any atom is 0.673 e. The van der Waals surface area contributed by atoms with Crippen LogP contribution in [0.15, 0.2) is 0 Å². The summed E-state index contributed by atoms with van der Waals surface area (Å²) in [5.74, 6) is 0.536. The normalized spacial score (nSPS) is 24.1. The van der Waals surface area contributed by atoms with Crippen molar-refractivity contribution in [3.63, 3.8) is 0 Å². The lowest BCUT2D eigenvalue weighted by Gasteiger charge is -2.36. The molecule has 0 amide bonds. The van der Waals surface area contributed by atoms with Gasteiger partial charge in [0.1, 0.15) is 0 Å². The van der Waals surface area contributed by atoms with E-state index < -0.39 is 7.25 Å². The first-order chi connectivity index (χ1) is 7.83. The molecule has 0 unspecified atom stereocenters. The average molecular weight is 255 g/mol. The zero-order valence-electron chi connectivity index (χ0n) is 9.73. The Hall–Kier alpha value is -0.585. The molecule has 0 aromatic carbocycles. The molecule has 1 saturated carbocycles. The van der Waals surface area contributed by atoms with Crippen LogP contribution in [0.25, 0.3) is 0 Å². The number of piperidine rings is 1. The van der Waals surface area contributed by atoms with Crippen LogP contribution in [0.2, 0.25) is 0 Å². The van der Waals surface area contributed by atoms with Gasteiger partial charge in [-0.25, -0.2) is 0 Å². The molecule has 2 N–H and O–H groups in total. The summed E-state index contributed by atoms with van der Waals surface area (Å²) in [4.78, 5) is 11.7. The Bertz CT molecular complexity index is 249. The second-order valence-electron chi connectivity index (χ2n) is 4.73. The predicted molar refractivity (Wildman–Crippen MR) is 57.0 cm³/mol. The van der Waals surface area contributed by atoms with E-state index in [1.54, 1.807) is 0 Å². The number of ketones is 1. The predicted octanol–water partition coefficient (Wildman–Crippen LogP) is 1.92. The number of hydrogen-bond acceptors (Lipinski definition) is 1. The number of Topliss-reactive ketones (excluding diaryl/α,β-unsaturated/α-hetero) is 1. The van der Waals surface area contributed by atoms with Crippen molar-refractivity contribution in [1.29, 1.82) is 0 Å². The smallest absolute Gasteiger partial charge is 0.418 e. The maximum atomic E-state index is 11.7. The molecule has 0 atom stereocenters. The zero-order chi connectivity index (χ0) is 12.9. The highest BCUT2D eigenvalue weighted by Gasteiger charge is 2.43. The van der Waals surface area contributed by atoms with E-state index in [1.165, 1.54) is 25.8 Å². The number of rotatable bonds is 0.